The van der Waals surface area contributed by atoms with E-state index in [4.69, 9.17) is 0 Å². The maximum atomic E-state index is 13.4. The van der Waals surface area contributed by atoms with Crippen molar-refractivity contribution in [3.8, 4) is 45.0 Å². The maximum Gasteiger partial charge on any atom is 0.234 e. The van der Waals surface area contributed by atoms with Crippen molar-refractivity contribution >= 4 is 34.8 Å². The van der Waals surface area contributed by atoms with E-state index in [0.717, 1.165) is 67.5 Å². The molecule has 0 bridgehead atoms. The molecule has 61 heavy (non-hydrogen) atoms. The molecule has 0 fully saturated rings. The number of para-hydroxylation sites is 2. The van der Waals surface area contributed by atoms with E-state index in [-0.39, 0.29) is 66.6 Å². The average molecular weight is 819 g/mol. The van der Waals surface area contributed by atoms with Crippen LogP contribution in [-0.2, 0) is 32.3 Å². The molecule has 4 heterocycles. The lowest BCUT2D eigenvalue weighted by atomic mass is 9.95. The molecule has 4 aromatic carbocycles. The van der Waals surface area contributed by atoms with Gasteiger partial charge < -0.3 is 9.80 Å². The van der Waals surface area contributed by atoms with E-state index < -0.39 is 0 Å². The minimum absolute atomic E-state index is 0.0525. The molecule has 8 rings (SSSR count). The van der Waals surface area contributed by atoms with Gasteiger partial charge in [0.2, 0.25) is 11.8 Å². The summed E-state index contributed by atoms with van der Waals surface area (Å²) in [6, 6.07) is 31.9. The molecule has 2 aliphatic heterocycles. The Morgan fingerprint density at radius 1 is 0.492 bits per heavy atom. The van der Waals surface area contributed by atoms with Gasteiger partial charge in [-0.15, -0.1) is 10.2 Å². The summed E-state index contributed by atoms with van der Waals surface area (Å²) in [4.78, 5) is 54.7. The molecule has 0 radical (unpaired) electrons. The first-order valence-electron chi connectivity index (χ1n) is 21.2. The smallest absolute Gasteiger partial charge is 0.234 e. The number of aromatic nitrogens is 6. The molecule has 0 N–H and O–H groups in total. The molecule has 0 unspecified atom stereocenters. The first-order valence-corrected chi connectivity index (χ1v) is 21.2. The normalized spacial score (nSPS) is 12.8. The maximum absolute atomic E-state index is 13.4. The van der Waals surface area contributed by atoms with Crippen molar-refractivity contribution in [3.05, 3.63) is 108 Å². The van der Waals surface area contributed by atoms with Crippen LogP contribution in [0.15, 0.2) is 97.1 Å². The van der Waals surface area contributed by atoms with E-state index in [2.05, 4.69) is 48.3 Å². The molecule has 0 saturated heterocycles. The summed E-state index contributed by atoms with van der Waals surface area (Å²) in [6.45, 7) is 16.5. The highest BCUT2D eigenvalue weighted by atomic mass is 16.2. The lowest BCUT2D eigenvalue weighted by molar-refractivity contribution is -0.128. The van der Waals surface area contributed by atoms with E-state index in [1.54, 1.807) is 4.90 Å². The molecule has 0 saturated carbocycles. The summed E-state index contributed by atoms with van der Waals surface area (Å²) in [5, 5.41) is 17.9. The highest BCUT2D eigenvalue weighted by Crippen LogP contribution is 2.44. The van der Waals surface area contributed by atoms with Crippen LogP contribution in [0.2, 0.25) is 0 Å². The zero-order chi connectivity index (χ0) is 43.5. The number of anilines is 2. The number of benzene rings is 4. The summed E-state index contributed by atoms with van der Waals surface area (Å²) in [5.41, 5.74) is 10.8. The van der Waals surface area contributed by atoms with E-state index in [1.165, 1.54) is 0 Å². The second kappa shape index (κ2) is 18.0. The molecular weight excluding hydrogens is 765 g/mol. The fraction of sp³-hybridized carbons (Fsp3) is 0.347. The minimum atomic E-state index is -0.192. The van der Waals surface area contributed by atoms with Gasteiger partial charge in [-0.25, -0.2) is 9.36 Å². The van der Waals surface area contributed by atoms with Crippen LogP contribution in [0.25, 0.3) is 45.0 Å². The highest BCUT2D eigenvalue weighted by molar-refractivity contribution is 6.08. The van der Waals surface area contributed by atoms with Crippen LogP contribution in [-0.4, -0.2) is 53.4 Å². The summed E-state index contributed by atoms with van der Waals surface area (Å²) in [5.74, 6) is -0.432. The first kappa shape index (κ1) is 42.6. The molecule has 12 heteroatoms. The summed E-state index contributed by atoms with van der Waals surface area (Å²) in [7, 11) is 0. The van der Waals surface area contributed by atoms with Gasteiger partial charge in [-0.3, -0.25) is 19.2 Å². The molecule has 12 nitrogen and oxygen atoms in total. The topological polar surface area (TPSA) is 136 Å². The van der Waals surface area contributed by atoms with E-state index in [9.17, 15) is 19.2 Å². The van der Waals surface area contributed by atoms with Gasteiger partial charge >= 0.3 is 0 Å². The number of fused-ring (bicyclic) bond motifs is 10. The third-order valence-electron chi connectivity index (χ3n) is 11.3. The van der Waals surface area contributed by atoms with Crippen molar-refractivity contribution in [1.82, 2.24) is 30.0 Å². The Bertz CT molecular complexity index is 2600. The zero-order valence-electron chi connectivity index (χ0n) is 36.3. The Morgan fingerprint density at radius 2 is 0.885 bits per heavy atom. The minimum Gasteiger partial charge on any atom is -0.307 e. The van der Waals surface area contributed by atoms with Crippen LogP contribution in [0, 0.1) is 11.8 Å². The summed E-state index contributed by atoms with van der Waals surface area (Å²) in [6.07, 6.45) is 0.346. The van der Waals surface area contributed by atoms with Crippen molar-refractivity contribution in [2.75, 3.05) is 9.80 Å². The third-order valence-corrected chi connectivity index (χ3v) is 11.3. The summed E-state index contributed by atoms with van der Waals surface area (Å²) < 4.78 is 3.82. The van der Waals surface area contributed by atoms with Crippen molar-refractivity contribution in [2.24, 2.45) is 11.8 Å². The molecule has 6 aromatic rings. The largest absolute Gasteiger partial charge is 0.307 e. The number of hydrogen-bond donors (Lipinski definition) is 0. The van der Waals surface area contributed by atoms with Crippen LogP contribution >= 0.6 is 0 Å². The number of nitrogens with zero attached hydrogens (tertiary/aromatic N) is 8. The van der Waals surface area contributed by atoms with E-state index in [0.29, 0.717) is 13.1 Å². The average Bonchev–Trinajstić information content (AvgIpc) is 3.89. The molecule has 0 atom stereocenters. The lowest BCUT2D eigenvalue weighted by Gasteiger charge is -2.29. The Balaban J connectivity index is 0.000000184. The van der Waals surface area contributed by atoms with Crippen molar-refractivity contribution in [2.45, 2.75) is 99.8 Å². The van der Waals surface area contributed by atoms with Gasteiger partial charge in [-0.1, -0.05) is 123 Å². The summed E-state index contributed by atoms with van der Waals surface area (Å²) >= 11 is 0. The van der Waals surface area contributed by atoms with E-state index >= 15 is 0 Å². The number of carbonyl (C=O) groups excluding carboxylic acids is 4. The van der Waals surface area contributed by atoms with Crippen LogP contribution in [0.5, 0.6) is 0 Å². The predicted molar refractivity (Wildman–Crippen MR) is 238 cm³/mol. The SMILES string of the molecule is CC(C)C(=O)CC(=O)N1Cc2ccccc2-c2nnn(C(C)C)c2-c2ccccc21.CC(C)C(=O)CCC(=O)N1Cc2ccccc2-c2nnn(C(C)C)c2-c2ccccc21. The Kier molecular flexibility index (Phi) is 12.5. The standard InChI is InChI=1S/C25H28N4O2.C24H26N4O2/c1-16(2)22(30)13-14-23(31)28-15-18-9-5-6-10-19(18)24-25(29(17(3)4)27-26-24)20-11-7-8-12-21(20)28;1-15(2)21(29)13-22(30)27-14-17-9-5-6-10-18(17)23-24(28(16(3)4)26-25-23)19-11-7-8-12-20(19)27/h5-12,16-17H,13-15H2,1-4H3;5-12,15-16H,13-14H2,1-4H3. The fourth-order valence-electron chi connectivity index (χ4n) is 7.83. The van der Waals surface area contributed by atoms with Gasteiger partial charge in [0.25, 0.3) is 0 Å². The van der Waals surface area contributed by atoms with Gasteiger partial charge in [-0.2, -0.15) is 0 Å². The molecule has 2 aliphatic rings. The highest BCUT2D eigenvalue weighted by Gasteiger charge is 2.32. The Labute approximate surface area is 357 Å². The second-order valence-electron chi connectivity index (χ2n) is 16.9. The van der Waals surface area contributed by atoms with Crippen molar-refractivity contribution in [3.63, 3.8) is 0 Å². The first-order chi connectivity index (χ1) is 29.3. The van der Waals surface area contributed by atoms with Gasteiger partial charge in [-0.05, 0) is 51.0 Å². The monoisotopic (exact) mass is 818 g/mol. The molecule has 0 aliphatic carbocycles. The van der Waals surface area contributed by atoms with Crippen LogP contribution in [0.1, 0.15) is 97.9 Å². The molecule has 2 amide bonds. The zero-order valence-corrected chi connectivity index (χ0v) is 36.3. The molecule has 0 spiro atoms. The number of Topliss-reactive ketones (excluding diaryl/α,β-unsaturated/α-hetero) is 2. The van der Waals surface area contributed by atoms with Crippen molar-refractivity contribution < 1.29 is 19.2 Å². The Morgan fingerprint density at radius 3 is 1.31 bits per heavy atom. The Hall–Kier alpha value is -6.56. The molecule has 314 valence electrons. The van der Waals surface area contributed by atoms with Crippen LogP contribution < -0.4 is 9.80 Å². The van der Waals surface area contributed by atoms with Gasteiger partial charge in [0.1, 0.15) is 23.0 Å². The number of carbonyl (C=O) groups is 4. The fourth-order valence-corrected chi connectivity index (χ4v) is 7.83. The van der Waals surface area contributed by atoms with Crippen LogP contribution in [0.4, 0.5) is 11.4 Å². The van der Waals surface area contributed by atoms with Gasteiger partial charge in [0.15, 0.2) is 0 Å². The number of amides is 2. The number of ketones is 2. The molecule has 2 aromatic heterocycles. The van der Waals surface area contributed by atoms with Crippen molar-refractivity contribution in [1.29, 1.82) is 0 Å². The quantitative estimate of drug-likeness (QED) is 0.132. The molecular formula is C49H54N8O4. The van der Waals surface area contributed by atoms with E-state index in [1.807, 2.05) is 139 Å². The number of hydrogen-bond acceptors (Lipinski definition) is 8. The van der Waals surface area contributed by atoms with Gasteiger partial charge in [0, 0.05) is 59.0 Å². The predicted octanol–water partition coefficient (Wildman–Crippen LogP) is 9.70. The van der Waals surface area contributed by atoms with Crippen LogP contribution in [0.3, 0.4) is 0 Å². The number of rotatable bonds is 9. The lowest BCUT2D eigenvalue weighted by Crippen LogP contribution is -2.34. The van der Waals surface area contributed by atoms with Gasteiger partial charge in [0.05, 0.1) is 42.3 Å². The third kappa shape index (κ3) is 8.57. The second-order valence-corrected chi connectivity index (χ2v) is 16.9.